The zero-order chi connectivity index (χ0) is 13.0. The normalized spacial score (nSPS) is 15.6. The fourth-order valence-corrected chi connectivity index (χ4v) is 1.70. The van der Waals surface area contributed by atoms with E-state index >= 15 is 0 Å². The molecule has 1 N–H and O–H groups in total. The number of hydrogen-bond acceptors (Lipinski definition) is 4. The highest BCUT2D eigenvalue weighted by atomic mass is 16.6. The van der Waals surface area contributed by atoms with E-state index in [-0.39, 0.29) is 0 Å². The van der Waals surface area contributed by atoms with Gasteiger partial charge in [-0.1, -0.05) is 0 Å². The molecule has 0 unspecified atom stereocenters. The fraction of sp³-hybridized carbons (Fsp3) is 0.417. The van der Waals surface area contributed by atoms with Crippen molar-refractivity contribution >= 4 is 18.2 Å². The van der Waals surface area contributed by atoms with Crippen LogP contribution in [-0.4, -0.2) is 36.7 Å². The smallest absolute Gasteiger partial charge is 0.407 e. The SMILES string of the molecule is CNC(=O)OC1(CN(C=O)c2cccnc2)CC1. The van der Waals surface area contributed by atoms with Gasteiger partial charge in [-0.25, -0.2) is 4.79 Å². The first kappa shape index (κ1) is 12.3. The van der Waals surface area contributed by atoms with Crippen molar-refractivity contribution in [1.29, 1.82) is 0 Å². The van der Waals surface area contributed by atoms with Gasteiger partial charge in [-0.15, -0.1) is 0 Å². The largest absolute Gasteiger partial charge is 0.441 e. The van der Waals surface area contributed by atoms with Gasteiger partial charge in [0.25, 0.3) is 0 Å². The summed E-state index contributed by atoms with van der Waals surface area (Å²) >= 11 is 0. The molecule has 0 atom stereocenters. The molecule has 18 heavy (non-hydrogen) atoms. The summed E-state index contributed by atoms with van der Waals surface area (Å²) in [7, 11) is 1.51. The number of pyridine rings is 1. The molecule has 2 rings (SSSR count). The second-order valence-electron chi connectivity index (χ2n) is 4.27. The average molecular weight is 249 g/mol. The Kier molecular flexibility index (Phi) is 3.45. The number of ether oxygens (including phenoxy) is 1. The second kappa shape index (κ2) is 5.03. The summed E-state index contributed by atoms with van der Waals surface area (Å²) in [4.78, 5) is 27.8. The highest BCUT2D eigenvalue weighted by Gasteiger charge is 2.48. The zero-order valence-corrected chi connectivity index (χ0v) is 10.1. The first-order valence-corrected chi connectivity index (χ1v) is 5.72. The predicted octanol–water partition coefficient (Wildman–Crippen LogP) is 0.933. The van der Waals surface area contributed by atoms with Gasteiger partial charge in [0.15, 0.2) is 0 Å². The molecule has 0 spiro atoms. The number of alkyl carbamates (subject to hydrolysis) is 1. The van der Waals surface area contributed by atoms with Crippen molar-refractivity contribution in [2.75, 3.05) is 18.5 Å². The van der Waals surface area contributed by atoms with E-state index in [9.17, 15) is 9.59 Å². The number of nitrogens with zero attached hydrogens (tertiary/aromatic N) is 2. The first-order chi connectivity index (χ1) is 8.69. The third-order valence-corrected chi connectivity index (χ3v) is 2.88. The highest BCUT2D eigenvalue weighted by Crippen LogP contribution is 2.40. The van der Waals surface area contributed by atoms with Crippen LogP contribution in [0, 0.1) is 0 Å². The van der Waals surface area contributed by atoms with Gasteiger partial charge in [-0.2, -0.15) is 0 Å². The van der Waals surface area contributed by atoms with Gasteiger partial charge in [0.2, 0.25) is 6.41 Å². The highest BCUT2D eigenvalue weighted by molar-refractivity contribution is 5.75. The Balaban J connectivity index is 2.03. The molecular formula is C12H15N3O3. The Morgan fingerprint density at radius 3 is 2.94 bits per heavy atom. The van der Waals surface area contributed by atoms with Gasteiger partial charge in [-0.05, 0) is 25.0 Å². The molecule has 1 saturated carbocycles. The standard InChI is InChI=1S/C12H15N3O3/c1-13-11(17)18-12(4-5-12)8-15(9-16)10-3-2-6-14-7-10/h2-3,6-7,9H,4-5,8H2,1H3,(H,13,17). The number of amides is 2. The molecule has 96 valence electrons. The maximum absolute atomic E-state index is 11.2. The maximum Gasteiger partial charge on any atom is 0.407 e. The van der Waals surface area contributed by atoms with E-state index in [0.717, 1.165) is 19.3 Å². The summed E-state index contributed by atoms with van der Waals surface area (Å²) in [6, 6.07) is 3.54. The van der Waals surface area contributed by atoms with Crippen molar-refractivity contribution in [2.45, 2.75) is 18.4 Å². The van der Waals surface area contributed by atoms with Gasteiger partial charge in [0, 0.05) is 13.2 Å². The number of rotatable bonds is 5. The summed E-state index contributed by atoms with van der Waals surface area (Å²) in [5.74, 6) is 0. The molecule has 1 aromatic heterocycles. The minimum atomic E-state index is -0.545. The van der Waals surface area contributed by atoms with Gasteiger partial charge < -0.3 is 15.0 Å². The summed E-state index contributed by atoms with van der Waals surface area (Å²) in [5, 5.41) is 2.41. The topological polar surface area (TPSA) is 71.5 Å². The lowest BCUT2D eigenvalue weighted by molar-refractivity contribution is -0.107. The maximum atomic E-state index is 11.2. The molecule has 1 aliphatic rings. The third-order valence-electron chi connectivity index (χ3n) is 2.88. The second-order valence-corrected chi connectivity index (χ2v) is 4.27. The Morgan fingerprint density at radius 2 is 2.44 bits per heavy atom. The molecule has 1 fully saturated rings. The monoisotopic (exact) mass is 249 g/mol. The van der Waals surface area contributed by atoms with E-state index in [1.54, 1.807) is 24.5 Å². The Hall–Kier alpha value is -2.11. The van der Waals surface area contributed by atoms with E-state index in [4.69, 9.17) is 4.74 Å². The van der Waals surface area contributed by atoms with Crippen molar-refractivity contribution in [1.82, 2.24) is 10.3 Å². The molecule has 1 heterocycles. The van der Waals surface area contributed by atoms with Crippen LogP contribution < -0.4 is 10.2 Å². The Labute approximate surface area is 105 Å². The van der Waals surface area contributed by atoms with Crippen molar-refractivity contribution in [2.24, 2.45) is 0 Å². The van der Waals surface area contributed by atoms with E-state index < -0.39 is 11.7 Å². The number of aromatic nitrogens is 1. The van der Waals surface area contributed by atoms with Crippen molar-refractivity contribution in [3.8, 4) is 0 Å². The van der Waals surface area contributed by atoms with Gasteiger partial charge in [-0.3, -0.25) is 9.78 Å². The van der Waals surface area contributed by atoms with Crippen LogP contribution in [0.4, 0.5) is 10.5 Å². The van der Waals surface area contributed by atoms with Crippen LogP contribution in [0.15, 0.2) is 24.5 Å². The molecule has 1 aromatic rings. The number of carbonyl (C=O) groups is 2. The van der Waals surface area contributed by atoms with E-state index in [0.29, 0.717) is 12.2 Å². The lowest BCUT2D eigenvalue weighted by atomic mass is 10.3. The van der Waals surface area contributed by atoms with E-state index in [1.807, 2.05) is 0 Å². The molecule has 0 aromatic carbocycles. The zero-order valence-electron chi connectivity index (χ0n) is 10.1. The summed E-state index contributed by atoms with van der Waals surface area (Å²) in [5.41, 5.74) is 0.149. The van der Waals surface area contributed by atoms with Crippen molar-refractivity contribution < 1.29 is 14.3 Å². The average Bonchev–Trinajstić information content (AvgIpc) is 3.16. The third kappa shape index (κ3) is 2.77. The van der Waals surface area contributed by atoms with Crippen LogP contribution in [0.25, 0.3) is 0 Å². The first-order valence-electron chi connectivity index (χ1n) is 5.72. The van der Waals surface area contributed by atoms with Gasteiger partial charge in [0.1, 0.15) is 5.60 Å². The molecule has 0 aliphatic heterocycles. The molecule has 6 heteroatoms. The molecule has 0 bridgehead atoms. The van der Waals surface area contributed by atoms with Crippen LogP contribution in [-0.2, 0) is 9.53 Å². The van der Waals surface area contributed by atoms with E-state index in [1.165, 1.54) is 11.9 Å². The molecule has 0 radical (unpaired) electrons. The summed E-state index contributed by atoms with van der Waals surface area (Å²) in [6.45, 7) is 0.357. The Morgan fingerprint density at radius 1 is 1.67 bits per heavy atom. The molecule has 6 nitrogen and oxygen atoms in total. The minimum absolute atomic E-state index is 0.357. The van der Waals surface area contributed by atoms with Crippen LogP contribution in [0.5, 0.6) is 0 Å². The number of nitrogens with one attached hydrogen (secondary N) is 1. The van der Waals surface area contributed by atoms with Crippen LogP contribution >= 0.6 is 0 Å². The van der Waals surface area contributed by atoms with Crippen molar-refractivity contribution in [3.63, 3.8) is 0 Å². The van der Waals surface area contributed by atoms with Crippen LogP contribution in [0.2, 0.25) is 0 Å². The minimum Gasteiger partial charge on any atom is -0.441 e. The van der Waals surface area contributed by atoms with E-state index in [2.05, 4.69) is 10.3 Å². The lowest BCUT2D eigenvalue weighted by Crippen LogP contribution is -2.38. The molecule has 1 aliphatic carbocycles. The van der Waals surface area contributed by atoms with Crippen LogP contribution in [0.3, 0.4) is 0 Å². The fourth-order valence-electron chi connectivity index (χ4n) is 1.70. The quantitative estimate of drug-likeness (QED) is 0.788. The summed E-state index contributed by atoms with van der Waals surface area (Å²) in [6.07, 6.45) is 5.04. The van der Waals surface area contributed by atoms with Crippen LogP contribution in [0.1, 0.15) is 12.8 Å². The number of carbonyl (C=O) groups excluding carboxylic acids is 2. The van der Waals surface area contributed by atoms with Crippen molar-refractivity contribution in [3.05, 3.63) is 24.5 Å². The lowest BCUT2D eigenvalue weighted by Gasteiger charge is -2.23. The molecule has 2 amide bonds. The molecular weight excluding hydrogens is 234 g/mol. The predicted molar refractivity (Wildman–Crippen MR) is 65.2 cm³/mol. The number of anilines is 1. The summed E-state index contributed by atoms with van der Waals surface area (Å²) < 4.78 is 5.28. The number of hydrogen-bond donors (Lipinski definition) is 1. The van der Waals surface area contributed by atoms with Gasteiger partial charge in [0.05, 0.1) is 18.4 Å². The molecule has 0 saturated heterocycles. The Bertz CT molecular complexity index is 431. The van der Waals surface area contributed by atoms with Gasteiger partial charge >= 0.3 is 6.09 Å².